The fourth-order valence-corrected chi connectivity index (χ4v) is 8.06. The summed E-state index contributed by atoms with van der Waals surface area (Å²) in [5.41, 5.74) is 0. The molecular weight excluding hydrogens is 817 g/mol. The van der Waals surface area contributed by atoms with Gasteiger partial charge in [-0.05, 0) is 64.2 Å². The summed E-state index contributed by atoms with van der Waals surface area (Å²) in [5.74, 6) is -0.866. The molecule has 0 N–H and O–H groups in total. The molecule has 0 amide bonds. The molecule has 0 saturated carbocycles. The molecule has 0 aliphatic heterocycles. The van der Waals surface area contributed by atoms with Gasteiger partial charge in [0.15, 0.2) is 6.10 Å². The molecule has 0 aliphatic rings. The van der Waals surface area contributed by atoms with E-state index in [1.165, 1.54) is 154 Å². The van der Waals surface area contributed by atoms with Crippen molar-refractivity contribution in [2.24, 2.45) is 0 Å². The van der Waals surface area contributed by atoms with Crippen LogP contribution in [0.15, 0.2) is 60.8 Å². The van der Waals surface area contributed by atoms with Gasteiger partial charge in [-0.25, -0.2) is 0 Å². The molecule has 1 unspecified atom stereocenters. The van der Waals surface area contributed by atoms with E-state index < -0.39 is 6.10 Å². The van der Waals surface area contributed by atoms with E-state index >= 15 is 0 Å². The average Bonchev–Trinajstić information content (AvgIpc) is 3.31. The Morgan fingerprint density at radius 2 is 0.591 bits per heavy atom. The molecule has 0 aromatic carbocycles. The number of carbonyl (C=O) groups is 3. The Bertz CT molecular complexity index is 1200. The molecule has 0 radical (unpaired) electrons. The van der Waals surface area contributed by atoms with Gasteiger partial charge < -0.3 is 14.2 Å². The quantitative estimate of drug-likeness (QED) is 0.0262. The maximum absolute atomic E-state index is 12.7. The van der Waals surface area contributed by atoms with Crippen LogP contribution in [0.5, 0.6) is 0 Å². The van der Waals surface area contributed by atoms with Gasteiger partial charge in [-0.15, -0.1) is 0 Å². The van der Waals surface area contributed by atoms with E-state index in [1.807, 2.05) is 0 Å². The molecule has 6 heteroatoms. The Hall–Kier alpha value is -2.89. The van der Waals surface area contributed by atoms with E-state index in [9.17, 15) is 14.4 Å². The van der Waals surface area contributed by atoms with Crippen molar-refractivity contribution in [3.63, 3.8) is 0 Å². The van der Waals surface area contributed by atoms with Gasteiger partial charge in [-0.1, -0.05) is 261 Å². The molecule has 1 atom stereocenters. The normalized spacial score (nSPS) is 12.5. The van der Waals surface area contributed by atoms with Crippen molar-refractivity contribution in [1.82, 2.24) is 0 Å². The SMILES string of the molecule is CC/C=C\C/C=C\C/C=C\C/C=C\C/C=C\CCCCCCCCCCCCCCCC(=O)OCC(COC(=O)CCCCCCCCCCC)OC(=O)CCCCCCCCCCCC. The second kappa shape index (κ2) is 54.7. The third-order valence-electron chi connectivity index (χ3n) is 12.3. The van der Waals surface area contributed by atoms with Crippen molar-refractivity contribution in [1.29, 1.82) is 0 Å². The van der Waals surface area contributed by atoms with Crippen LogP contribution in [0.25, 0.3) is 0 Å². The molecule has 0 fully saturated rings. The maximum atomic E-state index is 12.7. The first-order valence-electron chi connectivity index (χ1n) is 28.3. The van der Waals surface area contributed by atoms with Crippen LogP contribution in [0.3, 0.4) is 0 Å². The molecule has 0 aliphatic carbocycles. The predicted octanol–water partition coefficient (Wildman–Crippen LogP) is 18.8. The van der Waals surface area contributed by atoms with Gasteiger partial charge in [-0.2, -0.15) is 0 Å². The highest BCUT2D eigenvalue weighted by atomic mass is 16.6. The number of allylic oxidation sites excluding steroid dienone is 10. The minimum Gasteiger partial charge on any atom is -0.462 e. The van der Waals surface area contributed by atoms with Gasteiger partial charge in [0.1, 0.15) is 13.2 Å². The molecule has 66 heavy (non-hydrogen) atoms. The highest BCUT2D eigenvalue weighted by Gasteiger charge is 2.19. The van der Waals surface area contributed by atoms with Crippen LogP contribution in [0.2, 0.25) is 0 Å². The number of rotatable bonds is 51. The topological polar surface area (TPSA) is 78.9 Å². The van der Waals surface area contributed by atoms with E-state index in [4.69, 9.17) is 14.2 Å². The number of carbonyl (C=O) groups excluding carboxylic acids is 3. The Balaban J connectivity index is 4.07. The summed E-state index contributed by atoms with van der Waals surface area (Å²) in [6.45, 7) is 6.51. The van der Waals surface area contributed by atoms with Crippen molar-refractivity contribution in [2.75, 3.05) is 13.2 Å². The predicted molar refractivity (Wildman–Crippen MR) is 284 cm³/mol. The van der Waals surface area contributed by atoms with E-state index in [0.717, 1.165) is 89.9 Å². The van der Waals surface area contributed by atoms with Crippen LogP contribution < -0.4 is 0 Å². The van der Waals surface area contributed by atoms with Crippen molar-refractivity contribution >= 4 is 17.9 Å². The van der Waals surface area contributed by atoms with Gasteiger partial charge in [0.2, 0.25) is 0 Å². The zero-order valence-corrected chi connectivity index (χ0v) is 43.7. The monoisotopic (exact) mass is 923 g/mol. The Morgan fingerprint density at radius 1 is 0.318 bits per heavy atom. The van der Waals surface area contributed by atoms with Gasteiger partial charge in [-0.3, -0.25) is 14.4 Å². The van der Waals surface area contributed by atoms with Crippen LogP contribution in [-0.4, -0.2) is 37.2 Å². The highest BCUT2D eigenvalue weighted by Crippen LogP contribution is 2.16. The molecule has 6 nitrogen and oxygen atoms in total. The molecule has 0 bridgehead atoms. The van der Waals surface area contributed by atoms with E-state index in [1.54, 1.807) is 0 Å². The molecule has 0 aromatic rings. The standard InChI is InChI=1S/C60H106O6/c1-4-7-10-13-16-19-21-22-23-24-25-26-27-28-29-30-31-32-33-34-35-36-37-38-39-42-44-47-50-53-59(62)65-56-57(55-64-58(61)52-49-46-43-40-18-15-12-9-6-3)66-60(63)54-51-48-45-41-20-17-14-11-8-5-2/h7,10,16,19,22-23,25-26,28-29,57H,4-6,8-9,11-15,17-18,20-21,24,27,30-56H2,1-3H3/b10-7-,19-16-,23-22-,26-25-,29-28-. The molecular formula is C60H106O6. The van der Waals surface area contributed by atoms with E-state index in [2.05, 4.69) is 81.5 Å². The largest absolute Gasteiger partial charge is 0.462 e. The molecule has 0 aromatic heterocycles. The van der Waals surface area contributed by atoms with Crippen LogP contribution in [-0.2, 0) is 28.6 Å². The van der Waals surface area contributed by atoms with Crippen molar-refractivity contribution < 1.29 is 28.6 Å². The summed E-state index contributed by atoms with van der Waals surface area (Å²) in [7, 11) is 0. The molecule has 0 spiro atoms. The lowest BCUT2D eigenvalue weighted by atomic mass is 10.0. The Labute approximate surface area is 409 Å². The second-order valence-electron chi connectivity index (χ2n) is 18.8. The van der Waals surface area contributed by atoms with Gasteiger partial charge in [0.25, 0.3) is 0 Å². The Kier molecular flexibility index (Phi) is 52.3. The molecule has 0 rings (SSSR count). The van der Waals surface area contributed by atoms with Crippen LogP contribution in [0.1, 0.15) is 284 Å². The summed E-state index contributed by atoms with van der Waals surface area (Å²) in [6.07, 6.45) is 68.1. The third-order valence-corrected chi connectivity index (χ3v) is 12.3. The van der Waals surface area contributed by atoms with Gasteiger partial charge in [0.05, 0.1) is 0 Å². The number of unbranched alkanes of at least 4 members (excludes halogenated alkanes) is 30. The number of ether oxygens (including phenoxy) is 3. The van der Waals surface area contributed by atoms with E-state index in [-0.39, 0.29) is 31.1 Å². The fraction of sp³-hybridized carbons (Fsp3) is 0.783. The number of esters is 3. The third kappa shape index (κ3) is 52.1. The Morgan fingerprint density at radius 3 is 0.924 bits per heavy atom. The zero-order chi connectivity index (χ0) is 47.9. The van der Waals surface area contributed by atoms with Crippen molar-refractivity contribution in [2.45, 2.75) is 290 Å². The van der Waals surface area contributed by atoms with Crippen molar-refractivity contribution in [3.8, 4) is 0 Å². The number of hydrogen-bond acceptors (Lipinski definition) is 6. The minimum atomic E-state index is -0.767. The molecule has 0 saturated heterocycles. The summed E-state index contributed by atoms with van der Waals surface area (Å²) in [6, 6.07) is 0. The zero-order valence-electron chi connectivity index (χ0n) is 43.7. The first-order valence-corrected chi connectivity index (χ1v) is 28.3. The minimum absolute atomic E-state index is 0.0697. The van der Waals surface area contributed by atoms with Gasteiger partial charge in [0, 0.05) is 19.3 Å². The van der Waals surface area contributed by atoms with Crippen molar-refractivity contribution in [3.05, 3.63) is 60.8 Å². The lowest BCUT2D eigenvalue weighted by Crippen LogP contribution is -2.30. The van der Waals surface area contributed by atoms with Gasteiger partial charge >= 0.3 is 17.9 Å². The molecule has 0 heterocycles. The smallest absolute Gasteiger partial charge is 0.306 e. The molecule has 382 valence electrons. The van der Waals surface area contributed by atoms with Crippen LogP contribution in [0, 0.1) is 0 Å². The maximum Gasteiger partial charge on any atom is 0.306 e. The van der Waals surface area contributed by atoms with Crippen LogP contribution in [0.4, 0.5) is 0 Å². The first-order chi connectivity index (χ1) is 32.5. The highest BCUT2D eigenvalue weighted by molar-refractivity contribution is 5.71. The fourth-order valence-electron chi connectivity index (χ4n) is 8.06. The number of hydrogen-bond donors (Lipinski definition) is 0. The second-order valence-corrected chi connectivity index (χ2v) is 18.8. The summed E-state index contributed by atoms with van der Waals surface area (Å²) >= 11 is 0. The average molecular weight is 924 g/mol. The summed E-state index contributed by atoms with van der Waals surface area (Å²) in [5, 5.41) is 0. The lowest BCUT2D eigenvalue weighted by Gasteiger charge is -2.18. The van der Waals surface area contributed by atoms with Crippen LogP contribution >= 0.6 is 0 Å². The summed E-state index contributed by atoms with van der Waals surface area (Å²) < 4.78 is 16.8. The lowest BCUT2D eigenvalue weighted by molar-refractivity contribution is -0.167. The first kappa shape index (κ1) is 63.1. The van der Waals surface area contributed by atoms with E-state index in [0.29, 0.717) is 19.3 Å². The summed E-state index contributed by atoms with van der Waals surface area (Å²) in [4.78, 5) is 37.9.